The molecule has 0 aromatic heterocycles. The minimum Gasteiger partial charge on any atom is -0.456 e. The Morgan fingerprint density at radius 2 is 1.71 bits per heavy atom. The molecule has 0 radical (unpaired) electrons. The number of hydrogen-bond acceptors (Lipinski definition) is 4. The van der Waals surface area contributed by atoms with Gasteiger partial charge in [-0.2, -0.15) is 4.31 Å². The second-order valence-electron chi connectivity index (χ2n) is 4.88. The maximum Gasteiger partial charge on any atom is 0.386 e. The number of sulfonamides is 1. The number of rotatable bonds is 4. The monoisotopic (exact) mass is 343 g/mol. The number of nitrogens with zero attached hydrogens (tertiary/aromatic N) is 1. The molecule has 0 amide bonds. The Morgan fingerprint density at radius 3 is 2.29 bits per heavy atom. The van der Waals surface area contributed by atoms with Crippen LogP contribution in [0.15, 0.2) is 59.5 Å². The number of carbonyl (C=O) groups excluding carboxylic acids is 1. The van der Waals surface area contributed by atoms with Crippen molar-refractivity contribution in [2.75, 3.05) is 10.9 Å². The Morgan fingerprint density at radius 1 is 1.08 bits per heavy atom. The highest BCUT2D eigenvalue weighted by atomic mass is 32.2. The van der Waals surface area contributed by atoms with Gasteiger partial charge in [-0.15, -0.1) is 0 Å². The highest BCUT2D eigenvalue weighted by Crippen LogP contribution is 2.22. The summed E-state index contributed by atoms with van der Waals surface area (Å²) in [7, 11) is -3.93. The molecule has 0 fully saturated rings. The molecular formula is C18H17NO4S. The van der Waals surface area contributed by atoms with Crippen molar-refractivity contribution < 1.29 is 17.9 Å². The first-order chi connectivity index (χ1) is 11.4. The van der Waals surface area contributed by atoms with Crippen molar-refractivity contribution in [2.45, 2.75) is 18.7 Å². The molecule has 0 unspecified atom stereocenters. The fourth-order valence-electron chi connectivity index (χ4n) is 1.91. The van der Waals surface area contributed by atoms with Crippen molar-refractivity contribution >= 4 is 21.7 Å². The number of anilines is 1. The Kier molecular flexibility index (Phi) is 5.61. The standard InChI is InChI=1S/C18H17NO4S/c1-3-23-18(20)13-14-19(16-7-5-4-6-8-16)24(21,22)17-11-9-15(2)10-12-17/h4-12H,3H2,1-2H3. The van der Waals surface area contributed by atoms with E-state index in [4.69, 9.17) is 4.74 Å². The SMILES string of the molecule is CCOC(=O)C#CN(c1ccccc1)S(=O)(=O)c1ccc(C)cc1. The number of aryl methyl sites for hydroxylation is 1. The van der Waals surface area contributed by atoms with Gasteiger partial charge < -0.3 is 4.74 Å². The Bertz CT molecular complexity index is 863. The van der Waals surface area contributed by atoms with Crippen LogP contribution in [0, 0.1) is 18.9 Å². The van der Waals surface area contributed by atoms with Crippen molar-refractivity contribution in [3.63, 3.8) is 0 Å². The van der Waals surface area contributed by atoms with Gasteiger partial charge in [-0.05, 0) is 38.1 Å². The first kappa shape index (κ1) is 17.6. The summed E-state index contributed by atoms with van der Waals surface area (Å²) in [6.45, 7) is 3.69. The Labute approximate surface area is 141 Å². The summed E-state index contributed by atoms with van der Waals surface area (Å²) in [5.41, 5.74) is 1.28. The lowest BCUT2D eigenvalue weighted by atomic mass is 10.2. The molecule has 5 nitrogen and oxygen atoms in total. The van der Waals surface area contributed by atoms with E-state index in [2.05, 4.69) is 12.0 Å². The largest absolute Gasteiger partial charge is 0.456 e. The second-order valence-corrected chi connectivity index (χ2v) is 6.66. The molecule has 0 saturated carbocycles. The number of para-hydroxylation sites is 1. The quantitative estimate of drug-likeness (QED) is 0.486. The fourth-order valence-corrected chi connectivity index (χ4v) is 3.16. The first-order valence-corrected chi connectivity index (χ1v) is 8.74. The molecule has 2 rings (SSSR count). The topological polar surface area (TPSA) is 63.7 Å². The second kappa shape index (κ2) is 7.66. The van der Waals surface area contributed by atoms with Gasteiger partial charge in [0.05, 0.1) is 17.2 Å². The summed E-state index contributed by atoms with van der Waals surface area (Å²) in [6, 6.07) is 17.2. The molecule has 0 saturated heterocycles. The van der Waals surface area contributed by atoms with Gasteiger partial charge in [0.2, 0.25) is 0 Å². The van der Waals surface area contributed by atoms with Gasteiger partial charge in [0, 0.05) is 12.0 Å². The molecule has 0 bridgehead atoms. The van der Waals surface area contributed by atoms with E-state index in [1.807, 2.05) is 6.92 Å². The third kappa shape index (κ3) is 4.15. The van der Waals surface area contributed by atoms with E-state index in [-0.39, 0.29) is 11.5 Å². The molecule has 24 heavy (non-hydrogen) atoms. The minimum absolute atomic E-state index is 0.0927. The Hall–Kier alpha value is -2.78. The zero-order valence-electron chi connectivity index (χ0n) is 13.4. The molecule has 0 aliphatic heterocycles. The maximum atomic E-state index is 12.9. The van der Waals surface area contributed by atoms with Gasteiger partial charge in [-0.25, -0.2) is 13.2 Å². The van der Waals surface area contributed by atoms with Crippen LogP contribution in [0.25, 0.3) is 0 Å². The summed E-state index contributed by atoms with van der Waals surface area (Å²) >= 11 is 0. The van der Waals surface area contributed by atoms with Crippen molar-refractivity contribution in [3.05, 3.63) is 60.2 Å². The number of ether oxygens (including phenoxy) is 1. The highest BCUT2D eigenvalue weighted by molar-refractivity contribution is 7.93. The highest BCUT2D eigenvalue weighted by Gasteiger charge is 2.23. The van der Waals surface area contributed by atoms with E-state index >= 15 is 0 Å². The van der Waals surface area contributed by atoms with Crippen LogP contribution in [-0.2, 0) is 19.6 Å². The normalized spacial score (nSPS) is 10.4. The molecule has 0 aliphatic rings. The van der Waals surface area contributed by atoms with Crippen LogP contribution < -0.4 is 4.31 Å². The summed E-state index contributed by atoms with van der Waals surface area (Å²) in [5, 5.41) is 0. The van der Waals surface area contributed by atoms with Gasteiger partial charge in [-0.1, -0.05) is 35.9 Å². The van der Waals surface area contributed by atoms with Gasteiger partial charge in [-0.3, -0.25) is 0 Å². The van der Waals surface area contributed by atoms with Gasteiger partial charge >= 0.3 is 5.97 Å². The number of benzene rings is 2. The molecular weight excluding hydrogens is 326 g/mol. The van der Waals surface area contributed by atoms with E-state index < -0.39 is 16.0 Å². The third-order valence-corrected chi connectivity index (χ3v) is 4.74. The van der Waals surface area contributed by atoms with Crippen LogP contribution in [0.4, 0.5) is 5.69 Å². The summed E-state index contributed by atoms with van der Waals surface area (Å²) in [6.07, 6.45) is 0. The van der Waals surface area contributed by atoms with E-state index in [0.717, 1.165) is 9.87 Å². The predicted octanol–water partition coefficient (Wildman–Crippen LogP) is 2.71. The average Bonchev–Trinajstić information content (AvgIpc) is 2.56. The maximum absolute atomic E-state index is 12.9. The van der Waals surface area contributed by atoms with Crippen LogP contribution >= 0.6 is 0 Å². The summed E-state index contributed by atoms with van der Waals surface area (Å²) in [5.74, 6) is 1.42. The molecule has 124 valence electrons. The van der Waals surface area contributed by atoms with Crippen molar-refractivity contribution in [3.8, 4) is 12.0 Å². The van der Waals surface area contributed by atoms with E-state index in [9.17, 15) is 13.2 Å². The fraction of sp³-hybridized carbons (Fsp3) is 0.167. The molecule has 0 spiro atoms. The number of hydrogen-bond donors (Lipinski definition) is 0. The van der Waals surface area contributed by atoms with Crippen LogP contribution in [0.1, 0.15) is 12.5 Å². The summed E-state index contributed by atoms with van der Waals surface area (Å²) < 4.78 is 31.4. The average molecular weight is 343 g/mol. The zero-order chi connectivity index (χ0) is 17.6. The van der Waals surface area contributed by atoms with Crippen LogP contribution in [0.3, 0.4) is 0 Å². The molecule has 2 aromatic carbocycles. The zero-order valence-corrected chi connectivity index (χ0v) is 14.2. The predicted molar refractivity (Wildman–Crippen MR) is 91.7 cm³/mol. The van der Waals surface area contributed by atoms with Crippen molar-refractivity contribution in [1.29, 1.82) is 0 Å². The van der Waals surface area contributed by atoms with E-state index in [0.29, 0.717) is 5.69 Å². The lowest BCUT2D eigenvalue weighted by molar-refractivity contribution is -0.136. The molecule has 2 aromatic rings. The van der Waals surface area contributed by atoms with Crippen LogP contribution in [0.2, 0.25) is 0 Å². The van der Waals surface area contributed by atoms with Crippen LogP contribution in [0.5, 0.6) is 0 Å². The third-order valence-electron chi connectivity index (χ3n) is 3.08. The van der Waals surface area contributed by atoms with Crippen LogP contribution in [-0.4, -0.2) is 21.0 Å². The smallest absolute Gasteiger partial charge is 0.386 e. The Balaban J connectivity index is 2.49. The molecule has 0 N–H and O–H groups in total. The van der Waals surface area contributed by atoms with Crippen molar-refractivity contribution in [2.24, 2.45) is 0 Å². The minimum atomic E-state index is -3.93. The number of esters is 1. The van der Waals surface area contributed by atoms with E-state index in [1.165, 1.54) is 12.1 Å². The van der Waals surface area contributed by atoms with Crippen molar-refractivity contribution in [1.82, 2.24) is 0 Å². The number of carbonyl (C=O) groups is 1. The molecule has 6 heteroatoms. The lowest BCUT2D eigenvalue weighted by Gasteiger charge is -2.18. The lowest BCUT2D eigenvalue weighted by Crippen LogP contribution is -2.26. The van der Waals surface area contributed by atoms with Gasteiger partial charge in [0.25, 0.3) is 10.0 Å². The first-order valence-electron chi connectivity index (χ1n) is 7.30. The van der Waals surface area contributed by atoms with Gasteiger partial charge in [0.15, 0.2) is 0 Å². The molecule has 0 atom stereocenters. The van der Waals surface area contributed by atoms with E-state index in [1.54, 1.807) is 49.4 Å². The van der Waals surface area contributed by atoms with Gasteiger partial charge in [0.1, 0.15) is 0 Å². The molecule has 0 aliphatic carbocycles. The molecule has 0 heterocycles. The summed E-state index contributed by atoms with van der Waals surface area (Å²) in [4.78, 5) is 11.6.